The van der Waals surface area contributed by atoms with Gasteiger partial charge in [0.05, 0.1) is 11.0 Å². The van der Waals surface area contributed by atoms with E-state index in [1.165, 1.54) is 0 Å². The summed E-state index contributed by atoms with van der Waals surface area (Å²) in [4.78, 5) is 15.2. The molecule has 1 aromatic heterocycles. The molecule has 0 aliphatic rings. The minimum Gasteiger partial charge on any atom is -0.480 e. The minimum atomic E-state index is -1.05. The lowest BCUT2D eigenvalue weighted by Gasteiger charge is -2.07. The number of aromatic nitrogens is 2. The van der Waals surface area contributed by atoms with Gasteiger partial charge in [-0.25, -0.2) is 4.98 Å². The maximum Gasteiger partial charge on any atom is 0.325 e. The van der Waals surface area contributed by atoms with Gasteiger partial charge in [0.2, 0.25) is 0 Å². The van der Waals surface area contributed by atoms with Crippen LogP contribution in [0.1, 0.15) is 17.4 Å². The van der Waals surface area contributed by atoms with E-state index in [4.69, 9.17) is 10.8 Å². The van der Waals surface area contributed by atoms with E-state index in [-0.39, 0.29) is 0 Å². The number of benzene rings is 1. The highest BCUT2D eigenvalue weighted by atomic mass is 16.4. The number of aryl methyl sites for hydroxylation is 2. The lowest BCUT2D eigenvalue weighted by Crippen LogP contribution is -2.20. The molecule has 5 heteroatoms. The van der Waals surface area contributed by atoms with Crippen molar-refractivity contribution in [1.29, 1.82) is 0 Å². The van der Waals surface area contributed by atoms with Crippen LogP contribution in [0.15, 0.2) is 18.2 Å². The number of nitrogens with zero attached hydrogens (tertiary/aromatic N) is 2. The van der Waals surface area contributed by atoms with E-state index in [9.17, 15) is 4.79 Å². The Morgan fingerprint density at radius 1 is 1.56 bits per heavy atom. The van der Waals surface area contributed by atoms with Crippen molar-refractivity contribution >= 4 is 17.0 Å². The van der Waals surface area contributed by atoms with Gasteiger partial charge in [-0.1, -0.05) is 12.1 Å². The summed E-state index contributed by atoms with van der Waals surface area (Å²) in [6, 6.07) is 4.36. The van der Waals surface area contributed by atoms with E-state index in [0.29, 0.717) is 11.1 Å². The van der Waals surface area contributed by atoms with E-state index >= 15 is 0 Å². The van der Waals surface area contributed by atoms with E-state index in [2.05, 4.69) is 4.98 Å². The highest BCUT2D eigenvalue weighted by molar-refractivity contribution is 5.86. The Hall–Kier alpha value is -1.88. The molecule has 0 fully saturated rings. The second-order valence-electron chi connectivity index (χ2n) is 3.75. The third-order valence-electron chi connectivity index (χ3n) is 2.77. The number of rotatable bonds is 2. The van der Waals surface area contributed by atoms with Gasteiger partial charge in [-0.3, -0.25) is 4.79 Å². The van der Waals surface area contributed by atoms with Crippen LogP contribution in [0, 0.1) is 6.92 Å². The van der Waals surface area contributed by atoms with Crippen LogP contribution in [0.25, 0.3) is 11.0 Å². The monoisotopic (exact) mass is 219 g/mol. The summed E-state index contributed by atoms with van der Waals surface area (Å²) in [6.45, 7) is 1.87. The van der Waals surface area contributed by atoms with Crippen LogP contribution < -0.4 is 5.73 Å². The van der Waals surface area contributed by atoms with Gasteiger partial charge in [0, 0.05) is 12.6 Å². The third-order valence-corrected chi connectivity index (χ3v) is 2.77. The van der Waals surface area contributed by atoms with Crippen LogP contribution in [-0.4, -0.2) is 20.6 Å². The minimum absolute atomic E-state index is 0.550. The van der Waals surface area contributed by atoms with E-state index < -0.39 is 12.0 Å². The second kappa shape index (κ2) is 3.61. The number of aliphatic carboxylic acids is 1. The van der Waals surface area contributed by atoms with Crippen LogP contribution in [-0.2, 0) is 11.8 Å². The Kier molecular flexibility index (Phi) is 2.40. The number of para-hydroxylation sites is 1. The molecule has 16 heavy (non-hydrogen) atoms. The summed E-state index contributed by atoms with van der Waals surface area (Å²) in [5, 5.41) is 8.91. The molecule has 0 aliphatic carbocycles. The number of hydrogen-bond donors (Lipinski definition) is 2. The number of fused-ring (bicyclic) bond motifs is 1. The Bertz CT molecular complexity index is 560. The molecule has 5 nitrogen and oxygen atoms in total. The molecule has 0 saturated carbocycles. The average molecular weight is 219 g/mol. The molecule has 0 amide bonds. The number of imidazole rings is 1. The van der Waals surface area contributed by atoms with E-state index in [0.717, 1.165) is 11.3 Å². The predicted molar refractivity (Wildman–Crippen MR) is 60.0 cm³/mol. The van der Waals surface area contributed by atoms with Crippen LogP contribution >= 0.6 is 0 Å². The second-order valence-corrected chi connectivity index (χ2v) is 3.75. The molecule has 0 bridgehead atoms. The van der Waals surface area contributed by atoms with Crippen molar-refractivity contribution in [3.05, 3.63) is 29.6 Å². The third kappa shape index (κ3) is 1.45. The lowest BCUT2D eigenvalue weighted by molar-refractivity contribution is -0.138. The summed E-state index contributed by atoms with van der Waals surface area (Å²) in [5.41, 5.74) is 7.72. The number of nitrogens with two attached hydrogens (primary N) is 1. The maximum atomic E-state index is 10.9. The smallest absolute Gasteiger partial charge is 0.325 e. The number of carboxylic acid groups (broad SMARTS) is 1. The molecule has 2 aromatic rings. The first-order valence-corrected chi connectivity index (χ1v) is 4.92. The first kappa shape index (κ1) is 10.6. The summed E-state index contributed by atoms with van der Waals surface area (Å²) in [6.07, 6.45) is 0. The standard InChI is InChI=1S/C11H13N3O2/c1-6-13-10-7(9(12)11(15)16)4-3-5-8(10)14(6)2/h3-5,9H,12H2,1-2H3,(H,15,16). The Labute approximate surface area is 92.5 Å². The normalized spacial score (nSPS) is 12.9. The van der Waals surface area contributed by atoms with E-state index in [1.54, 1.807) is 12.1 Å². The zero-order valence-electron chi connectivity index (χ0n) is 9.14. The summed E-state index contributed by atoms with van der Waals surface area (Å²) >= 11 is 0. The molecule has 1 atom stereocenters. The lowest BCUT2D eigenvalue weighted by atomic mass is 10.1. The molecule has 0 saturated heterocycles. The van der Waals surface area contributed by atoms with Gasteiger partial charge in [0.1, 0.15) is 11.9 Å². The molecular weight excluding hydrogens is 206 g/mol. The van der Waals surface area contributed by atoms with Gasteiger partial charge in [-0.2, -0.15) is 0 Å². The first-order valence-electron chi connectivity index (χ1n) is 4.92. The number of hydrogen-bond acceptors (Lipinski definition) is 3. The van der Waals surface area contributed by atoms with Gasteiger partial charge in [0.15, 0.2) is 0 Å². The average Bonchev–Trinajstić information content (AvgIpc) is 2.54. The zero-order chi connectivity index (χ0) is 11.9. The zero-order valence-corrected chi connectivity index (χ0v) is 9.14. The Morgan fingerprint density at radius 3 is 2.88 bits per heavy atom. The number of carboxylic acids is 1. The molecule has 0 radical (unpaired) electrons. The summed E-state index contributed by atoms with van der Waals surface area (Å²) < 4.78 is 1.91. The quantitative estimate of drug-likeness (QED) is 0.788. The molecule has 1 aromatic carbocycles. The Balaban J connectivity index is 2.71. The predicted octanol–water partition coefficient (Wildman–Crippen LogP) is 0.966. The number of carbonyl (C=O) groups is 1. The largest absolute Gasteiger partial charge is 0.480 e. The maximum absolute atomic E-state index is 10.9. The fraction of sp³-hybridized carbons (Fsp3) is 0.273. The SMILES string of the molecule is Cc1nc2c(C(N)C(=O)O)cccc2n1C. The Morgan fingerprint density at radius 2 is 2.25 bits per heavy atom. The van der Waals surface area contributed by atoms with Crippen molar-refractivity contribution in [2.75, 3.05) is 0 Å². The molecule has 1 heterocycles. The van der Waals surface area contributed by atoms with Crippen molar-refractivity contribution in [3.8, 4) is 0 Å². The summed E-state index contributed by atoms with van der Waals surface area (Å²) in [5.74, 6) is -0.212. The highest BCUT2D eigenvalue weighted by Gasteiger charge is 2.19. The molecule has 0 spiro atoms. The van der Waals surface area contributed by atoms with Crippen LogP contribution in [0.4, 0.5) is 0 Å². The van der Waals surface area contributed by atoms with Crippen LogP contribution in [0.3, 0.4) is 0 Å². The summed E-state index contributed by atoms with van der Waals surface area (Å²) in [7, 11) is 1.89. The van der Waals surface area contributed by atoms with Crippen molar-refractivity contribution in [2.45, 2.75) is 13.0 Å². The molecule has 1 unspecified atom stereocenters. The molecule has 3 N–H and O–H groups in total. The molecule has 84 valence electrons. The fourth-order valence-corrected chi connectivity index (χ4v) is 1.74. The first-order chi connectivity index (χ1) is 7.52. The van der Waals surface area contributed by atoms with Gasteiger partial charge in [-0.15, -0.1) is 0 Å². The van der Waals surface area contributed by atoms with Crippen molar-refractivity contribution in [1.82, 2.24) is 9.55 Å². The van der Waals surface area contributed by atoms with E-state index in [1.807, 2.05) is 24.6 Å². The molecule has 0 aliphatic heterocycles. The van der Waals surface area contributed by atoms with Crippen LogP contribution in [0.2, 0.25) is 0 Å². The molecule has 2 rings (SSSR count). The van der Waals surface area contributed by atoms with Gasteiger partial charge >= 0.3 is 5.97 Å². The topological polar surface area (TPSA) is 81.1 Å². The van der Waals surface area contributed by atoms with Crippen molar-refractivity contribution in [2.24, 2.45) is 12.8 Å². The van der Waals surface area contributed by atoms with Gasteiger partial charge < -0.3 is 15.4 Å². The van der Waals surface area contributed by atoms with Gasteiger partial charge in [0.25, 0.3) is 0 Å². The highest BCUT2D eigenvalue weighted by Crippen LogP contribution is 2.23. The fourth-order valence-electron chi connectivity index (χ4n) is 1.74. The molecular formula is C11H13N3O2. The van der Waals surface area contributed by atoms with Crippen molar-refractivity contribution in [3.63, 3.8) is 0 Å². The van der Waals surface area contributed by atoms with Gasteiger partial charge in [-0.05, 0) is 13.0 Å². The van der Waals surface area contributed by atoms with Crippen LogP contribution in [0.5, 0.6) is 0 Å². The van der Waals surface area contributed by atoms with Crippen molar-refractivity contribution < 1.29 is 9.90 Å².